The summed E-state index contributed by atoms with van der Waals surface area (Å²) in [5.41, 5.74) is -0.0770. The highest BCUT2D eigenvalue weighted by Gasteiger charge is 2.60. The summed E-state index contributed by atoms with van der Waals surface area (Å²) in [6, 6.07) is 0. The predicted octanol–water partition coefficient (Wildman–Crippen LogP) is 6.99. The van der Waals surface area contributed by atoms with Crippen molar-refractivity contribution in [2.24, 2.45) is 34.5 Å². The Morgan fingerprint density at radius 1 is 1.04 bits per heavy atom. The van der Waals surface area contributed by atoms with Crippen molar-refractivity contribution in [3.63, 3.8) is 0 Å². The van der Waals surface area contributed by atoms with Crippen molar-refractivity contribution in [1.29, 1.82) is 0 Å². The molecular weight excluding hydrogens is 360 g/mol. The fourth-order valence-electron chi connectivity index (χ4n) is 7.30. The van der Waals surface area contributed by atoms with Crippen LogP contribution in [0.3, 0.4) is 0 Å². The van der Waals surface area contributed by atoms with E-state index in [1.165, 1.54) is 32.1 Å². The Hall–Kier alpha value is -0.153. The smallest absolute Gasteiger partial charge is 0.192 e. The number of hydrogen-bond acceptors (Lipinski definition) is 2. The molecule has 0 aromatic heterocycles. The quantitative estimate of drug-likeness (QED) is 0.462. The average molecular weight is 407 g/mol. The van der Waals surface area contributed by atoms with Crippen molar-refractivity contribution >= 4 is 14.1 Å². The van der Waals surface area contributed by atoms with Gasteiger partial charge >= 0.3 is 0 Å². The maximum Gasteiger partial charge on any atom is 0.192 e. The largest absolute Gasteiger partial charge is 0.414 e. The van der Waals surface area contributed by atoms with E-state index in [2.05, 4.69) is 47.7 Å². The van der Waals surface area contributed by atoms with E-state index in [-0.39, 0.29) is 16.7 Å². The summed E-state index contributed by atoms with van der Waals surface area (Å²) >= 11 is 0. The molecular formula is C25H44O2Si. The number of rotatable bonds is 2. The molecule has 0 aromatic rings. The third kappa shape index (κ3) is 3.09. The lowest BCUT2D eigenvalue weighted by molar-refractivity contribution is -0.141. The fraction of sp³-hybridized carbons (Fsp3) is 0.960. The molecule has 0 unspecified atom stereocenters. The van der Waals surface area contributed by atoms with Crippen LogP contribution in [0.25, 0.3) is 0 Å². The predicted molar refractivity (Wildman–Crippen MR) is 119 cm³/mol. The topological polar surface area (TPSA) is 26.3 Å². The van der Waals surface area contributed by atoms with Crippen LogP contribution in [-0.4, -0.2) is 20.2 Å². The van der Waals surface area contributed by atoms with Gasteiger partial charge in [-0.1, -0.05) is 34.6 Å². The number of ketones is 1. The summed E-state index contributed by atoms with van der Waals surface area (Å²) < 4.78 is 23.5. The molecule has 0 heterocycles. The molecule has 7 atom stereocenters. The number of Topliss-reactive ketones (excluding diaryl/α,β-unsaturated/α-hetero) is 1. The molecule has 0 saturated heterocycles. The van der Waals surface area contributed by atoms with Crippen LogP contribution in [0.2, 0.25) is 18.1 Å². The van der Waals surface area contributed by atoms with Gasteiger partial charge in [-0.3, -0.25) is 4.79 Å². The number of hydrogen-bond donors (Lipinski definition) is 0. The molecule has 0 N–H and O–H groups in total. The highest BCUT2D eigenvalue weighted by Crippen LogP contribution is 2.65. The molecule has 0 aromatic carbocycles. The zero-order valence-electron chi connectivity index (χ0n) is 21.4. The number of carbonyl (C=O) groups excluding carboxylic acids is 1. The number of carbonyl (C=O) groups is 1. The van der Waals surface area contributed by atoms with Gasteiger partial charge in [-0.15, -0.1) is 0 Å². The lowest BCUT2D eigenvalue weighted by Crippen LogP contribution is -2.55. The molecule has 4 fully saturated rings. The van der Waals surface area contributed by atoms with E-state index in [4.69, 9.17) is 7.17 Å². The van der Waals surface area contributed by atoms with Crippen molar-refractivity contribution in [2.45, 2.75) is 117 Å². The normalized spacial score (nSPS) is 49.5. The maximum absolute atomic E-state index is 12.9. The first-order chi connectivity index (χ1) is 13.6. The molecule has 0 amide bonds. The third-order valence-electron chi connectivity index (χ3n) is 10.3. The minimum Gasteiger partial charge on any atom is -0.414 e. The van der Waals surface area contributed by atoms with Crippen molar-refractivity contribution in [3.8, 4) is 0 Å². The van der Waals surface area contributed by atoms with E-state index in [0.29, 0.717) is 29.8 Å². The Morgan fingerprint density at radius 3 is 2.43 bits per heavy atom. The van der Waals surface area contributed by atoms with Crippen molar-refractivity contribution in [2.75, 3.05) is 0 Å². The second kappa shape index (κ2) is 6.67. The summed E-state index contributed by atoms with van der Waals surface area (Å²) in [6.07, 6.45) is 7.30. The van der Waals surface area contributed by atoms with Gasteiger partial charge in [0.15, 0.2) is 8.32 Å². The molecule has 4 rings (SSSR count). The summed E-state index contributed by atoms with van der Waals surface area (Å²) in [5, 5.41) is 0.257. The van der Waals surface area contributed by atoms with Gasteiger partial charge in [-0.25, -0.2) is 0 Å². The van der Waals surface area contributed by atoms with E-state index in [1.807, 2.05) is 0 Å². The van der Waals surface area contributed by atoms with Crippen molar-refractivity contribution in [1.82, 2.24) is 0 Å². The Labute approximate surface area is 177 Å². The summed E-state index contributed by atoms with van der Waals surface area (Å²) in [6.45, 7) is 16.4. The van der Waals surface area contributed by atoms with Gasteiger partial charge in [0.1, 0.15) is 5.78 Å². The van der Waals surface area contributed by atoms with Crippen LogP contribution in [0.1, 0.15) is 95.1 Å². The highest BCUT2D eigenvalue weighted by molar-refractivity contribution is 6.74. The first-order valence-electron chi connectivity index (χ1n) is 12.8. The highest BCUT2D eigenvalue weighted by atomic mass is 28.4. The molecule has 0 bridgehead atoms. The van der Waals surface area contributed by atoms with Crippen LogP contribution in [0, 0.1) is 34.5 Å². The molecule has 3 heteroatoms. The van der Waals surface area contributed by atoms with Crippen LogP contribution in [0.5, 0.6) is 0 Å². The van der Waals surface area contributed by atoms with Crippen LogP contribution in [-0.2, 0) is 9.22 Å². The van der Waals surface area contributed by atoms with Crippen molar-refractivity contribution in [3.05, 3.63) is 0 Å². The second-order valence-electron chi connectivity index (χ2n) is 12.6. The molecule has 28 heavy (non-hydrogen) atoms. The molecule has 0 radical (unpaired) electrons. The SMILES string of the molecule is [2H]C1([2H])C[C@H]2[C@@H]3CC[C@H]4C[C@@H](O[Si](C)(C)C(C)(C)C)CC[C@]4(C)[C@H]3CC[C@]2(C)C1=O. The summed E-state index contributed by atoms with van der Waals surface area (Å²) in [5.74, 6) is 2.06. The van der Waals surface area contributed by atoms with E-state index >= 15 is 0 Å². The van der Waals surface area contributed by atoms with Crippen LogP contribution < -0.4 is 0 Å². The monoisotopic (exact) mass is 406 g/mol. The van der Waals surface area contributed by atoms with E-state index in [1.54, 1.807) is 0 Å². The van der Waals surface area contributed by atoms with E-state index in [9.17, 15) is 4.79 Å². The van der Waals surface area contributed by atoms with E-state index < -0.39 is 20.1 Å². The fourth-order valence-corrected chi connectivity index (χ4v) is 8.70. The Bertz CT molecular complexity index is 714. The molecule has 4 saturated carbocycles. The molecule has 0 spiro atoms. The van der Waals surface area contributed by atoms with Gasteiger partial charge < -0.3 is 4.43 Å². The van der Waals surface area contributed by atoms with Gasteiger partial charge in [-0.2, -0.15) is 0 Å². The Balaban J connectivity index is 1.51. The van der Waals surface area contributed by atoms with Gasteiger partial charge in [0.2, 0.25) is 0 Å². The minimum atomic E-state index is -1.74. The first-order valence-corrected chi connectivity index (χ1v) is 14.8. The molecule has 4 aliphatic rings. The molecule has 160 valence electrons. The zero-order chi connectivity index (χ0) is 22.3. The summed E-state index contributed by atoms with van der Waals surface area (Å²) in [4.78, 5) is 12.9. The molecule has 4 aliphatic carbocycles. The first kappa shape index (κ1) is 18.6. The Kier molecular flexibility index (Phi) is 4.43. The minimum absolute atomic E-state index is 0.0998. The third-order valence-corrected chi connectivity index (χ3v) is 14.8. The van der Waals surface area contributed by atoms with E-state index in [0.717, 1.165) is 18.8 Å². The van der Waals surface area contributed by atoms with Crippen LogP contribution in [0.4, 0.5) is 0 Å². The van der Waals surface area contributed by atoms with Crippen LogP contribution in [0.15, 0.2) is 0 Å². The van der Waals surface area contributed by atoms with Crippen molar-refractivity contribution < 1.29 is 12.0 Å². The standard InChI is InChI=1S/C25H44O2Si/c1-23(2,3)28(6,7)27-18-12-14-24(4)17(16-18)8-9-19-20-10-11-22(26)25(20,5)15-13-21(19)24/h17-21H,8-16H2,1-7H3/t17-,18-,19-,20-,21-,24-,25-/m0/s1/i11D2. The number of fused-ring (bicyclic) bond motifs is 5. The van der Waals surface area contributed by atoms with Gasteiger partial charge in [0, 0.05) is 20.6 Å². The Morgan fingerprint density at radius 2 is 1.75 bits per heavy atom. The second-order valence-corrected chi connectivity index (χ2v) is 17.4. The zero-order valence-corrected chi connectivity index (χ0v) is 20.4. The maximum atomic E-state index is 12.9. The average Bonchev–Trinajstić information content (AvgIpc) is 2.80. The molecule has 2 nitrogen and oxygen atoms in total. The lowest BCUT2D eigenvalue weighted by atomic mass is 9.45. The van der Waals surface area contributed by atoms with Gasteiger partial charge in [0.05, 0.1) is 0 Å². The molecule has 0 aliphatic heterocycles. The van der Waals surface area contributed by atoms with Gasteiger partial charge in [-0.05, 0) is 98.6 Å². The summed E-state index contributed by atoms with van der Waals surface area (Å²) in [7, 11) is -1.74. The lowest BCUT2D eigenvalue weighted by Gasteiger charge is -2.60. The van der Waals surface area contributed by atoms with Gasteiger partial charge in [0.25, 0.3) is 0 Å². The van der Waals surface area contributed by atoms with Crippen LogP contribution >= 0.6 is 0 Å².